The van der Waals surface area contributed by atoms with Gasteiger partial charge in [-0.3, -0.25) is 14.4 Å². The number of ether oxygens (including phenoxy) is 3. The summed E-state index contributed by atoms with van der Waals surface area (Å²) < 4.78 is 15.2. The topological polar surface area (TPSA) is 99.1 Å². The first-order valence-corrected chi connectivity index (χ1v) is 8.52. The van der Waals surface area contributed by atoms with Crippen molar-refractivity contribution in [2.24, 2.45) is 0 Å². The van der Waals surface area contributed by atoms with Gasteiger partial charge < -0.3 is 19.3 Å². The maximum absolute atomic E-state index is 11.8. The van der Waals surface area contributed by atoms with Gasteiger partial charge in [0.1, 0.15) is 18.8 Å². The lowest BCUT2D eigenvalue weighted by Crippen LogP contribution is -2.25. The van der Waals surface area contributed by atoms with Crippen LogP contribution in [0.1, 0.15) is 45.6 Å². The van der Waals surface area contributed by atoms with Crippen molar-refractivity contribution < 1.29 is 33.7 Å². The zero-order valence-electron chi connectivity index (χ0n) is 15.3. The molecule has 7 heteroatoms. The van der Waals surface area contributed by atoms with Crippen LogP contribution in [-0.4, -0.2) is 41.3 Å². The molecular weight excluding hydrogens is 340 g/mol. The van der Waals surface area contributed by atoms with Crippen LogP contribution < -0.4 is 0 Å². The second kappa shape index (κ2) is 11.3. The summed E-state index contributed by atoms with van der Waals surface area (Å²) in [5, 5.41) is 9.10. The van der Waals surface area contributed by atoms with Crippen LogP contribution >= 0.6 is 0 Å². The van der Waals surface area contributed by atoms with Crippen molar-refractivity contribution in [3.63, 3.8) is 0 Å². The zero-order valence-corrected chi connectivity index (χ0v) is 15.3. The Balaban J connectivity index is 2.26. The lowest BCUT2D eigenvalue weighted by molar-refractivity contribution is -0.159. The monoisotopic (exact) mass is 366 g/mol. The van der Waals surface area contributed by atoms with Crippen molar-refractivity contribution in [2.45, 2.75) is 65.0 Å². The van der Waals surface area contributed by atoms with E-state index in [4.69, 9.17) is 19.3 Å². The zero-order chi connectivity index (χ0) is 19.5. The predicted molar refractivity (Wildman–Crippen MR) is 92.9 cm³/mol. The van der Waals surface area contributed by atoms with Crippen molar-refractivity contribution in [1.82, 2.24) is 0 Å². The van der Waals surface area contributed by atoms with E-state index in [0.717, 1.165) is 5.56 Å². The maximum atomic E-state index is 11.8. The first-order chi connectivity index (χ1) is 12.3. The SMILES string of the molecule is CC(O)CC(=O)O[C@H](C)CC(=O)O[C@@H](C)CC(=O)OCc1ccccc1. The molecule has 1 unspecified atom stereocenters. The van der Waals surface area contributed by atoms with Crippen LogP contribution in [0.2, 0.25) is 0 Å². The fraction of sp³-hybridized carbons (Fsp3) is 0.526. The van der Waals surface area contributed by atoms with Gasteiger partial charge in [0.2, 0.25) is 0 Å². The minimum Gasteiger partial charge on any atom is -0.462 e. The molecule has 0 aliphatic carbocycles. The van der Waals surface area contributed by atoms with Gasteiger partial charge in [0, 0.05) is 0 Å². The van der Waals surface area contributed by atoms with Gasteiger partial charge in [-0.05, 0) is 26.3 Å². The molecule has 0 fully saturated rings. The molecule has 1 N–H and O–H groups in total. The van der Waals surface area contributed by atoms with E-state index in [1.165, 1.54) is 6.92 Å². The predicted octanol–water partition coefficient (Wildman–Crippen LogP) is 2.14. The lowest BCUT2D eigenvalue weighted by Gasteiger charge is -2.16. The van der Waals surface area contributed by atoms with Gasteiger partial charge >= 0.3 is 17.9 Å². The molecule has 1 aromatic carbocycles. The van der Waals surface area contributed by atoms with E-state index in [0.29, 0.717) is 0 Å². The van der Waals surface area contributed by atoms with Gasteiger partial charge in [-0.25, -0.2) is 0 Å². The van der Waals surface area contributed by atoms with Gasteiger partial charge in [0.25, 0.3) is 0 Å². The molecule has 7 nitrogen and oxygen atoms in total. The first-order valence-electron chi connectivity index (χ1n) is 8.52. The second-order valence-corrected chi connectivity index (χ2v) is 6.21. The molecule has 1 rings (SSSR count). The third-order valence-corrected chi connectivity index (χ3v) is 3.28. The highest BCUT2D eigenvalue weighted by atomic mass is 16.6. The molecule has 0 aliphatic rings. The van der Waals surface area contributed by atoms with Crippen LogP contribution in [0.25, 0.3) is 0 Å². The molecule has 26 heavy (non-hydrogen) atoms. The Morgan fingerprint density at radius 3 is 1.88 bits per heavy atom. The van der Waals surface area contributed by atoms with Crippen LogP contribution in [0.4, 0.5) is 0 Å². The summed E-state index contributed by atoms with van der Waals surface area (Å²) >= 11 is 0. The Morgan fingerprint density at radius 2 is 1.35 bits per heavy atom. The Hall–Kier alpha value is -2.41. The molecule has 3 atom stereocenters. The second-order valence-electron chi connectivity index (χ2n) is 6.21. The molecule has 0 saturated heterocycles. The molecule has 0 bridgehead atoms. The van der Waals surface area contributed by atoms with Gasteiger partial charge in [0.05, 0.1) is 25.4 Å². The van der Waals surface area contributed by atoms with E-state index in [9.17, 15) is 14.4 Å². The number of hydrogen-bond acceptors (Lipinski definition) is 7. The van der Waals surface area contributed by atoms with Gasteiger partial charge in [-0.15, -0.1) is 0 Å². The van der Waals surface area contributed by atoms with Crippen LogP contribution in [0.3, 0.4) is 0 Å². The van der Waals surface area contributed by atoms with E-state index in [1.54, 1.807) is 13.8 Å². The number of carbonyl (C=O) groups is 3. The largest absolute Gasteiger partial charge is 0.462 e. The quantitative estimate of drug-likeness (QED) is 0.500. The van der Waals surface area contributed by atoms with Crippen molar-refractivity contribution >= 4 is 17.9 Å². The average Bonchev–Trinajstić information content (AvgIpc) is 2.52. The smallest absolute Gasteiger partial charge is 0.309 e. The minimum atomic E-state index is -0.802. The van der Waals surface area contributed by atoms with Crippen LogP contribution in [0.5, 0.6) is 0 Å². The standard InChI is InChI=1S/C19H26O7/c1-13(20)9-18(22)25-15(3)11-19(23)26-14(2)10-17(21)24-12-16-7-5-4-6-8-16/h4-8,13-15,20H,9-12H2,1-3H3/t13?,14-,15+/m0/s1. The number of esters is 3. The van der Waals surface area contributed by atoms with Gasteiger partial charge in [-0.1, -0.05) is 30.3 Å². The van der Waals surface area contributed by atoms with Crippen LogP contribution in [0.15, 0.2) is 30.3 Å². The fourth-order valence-electron chi connectivity index (χ4n) is 2.14. The van der Waals surface area contributed by atoms with E-state index >= 15 is 0 Å². The van der Waals surface area contributed by atoms with Crippen molar-refractivity contribution in [1.29, 1.82) is 0 Å². The number of benzene rings is 1. The van der Waals surface area contributed by atoms with Crippen LogP contribution in [0, 0.1) is 0 Å². The number of aliphatic hydroxyl groups excluding tert-OH is 1. The van der Waals surface area contributed by atoms with Gasteiger partial charge in [0.15, 0.2) is 0 Å². The molecule has 1 aromatic rings. The molecule has 0 aromatic heterocycles. The van der Waals surface area contributed by atoms with E-state index in [1.807, 2.05) is 30.3 Å². The number of rotatable bonds is 10. The average molecular weight is 366 g/mol. The van der Waals surface area contributed by atoms with E-state index in [-0.39, 0.29) is 25.9 Å². The molecule has 0 spiro atoms. The summed E-state index contributed by atoms with van der Waals surface area (Å²) in [6.45, 7) is 4.78. The highest BCUT2D eigenvalue weighted by Crippen LogP contribution is 2.08. The van der Waals surface area contributed by atoms with Crippen molar-refractivity contribution in [2.75, 3.05) is 0 Å². The van der Waals surface area contributed by atoms with Gasteiger partial charge in [-0.2, -0.15) is 0 Å². The Bertz CT molecular complexity index is 583. The number of hydrogen-bond donors (Lipinski definition) is 1. The third-order valence-electron chi connectivity index (χ3n) is 3.28. The molecule has 0 saturated carbocycles. The van der Waals surface area contributed by atoms with Crippen LogP contribution in [-0.2, 0) is 35.2 Å². The molecule has 144 valence electrons. The molecular formula is C19H26O7. The minimum absolute atomic E-state index is 0.0607. The molecule has 0 radical (unpaired) electrons. The summed E-state index contributed by atoms with van der Waals surface area (Å²) in [6, 6.07) is 9.26. The normalized spacial score (nSPS) is 14.0. The molecule has 0 heterocycles. The van der Waals surface area contributed by atoms with Crippen molar-refractivity contribution in [3.05, 3.63) is 35.9 Å². The summed E-state index contributed by atoms with van der Waals surface area (Å²) in [4.78, 5) is 35.0. The summed E-state index contributed by atoms with van der Waals surface area (Å²) in [6.07, 6.45) is -2.45. The number of carbonyl (C=O) groups excluding carboxylic acids is 3. The third kappa shape index (κ3) is 9.78. The van der Waals surface area contributed by atoms with Crippen molar-refractivity contribution in [3.8, 4) is 0 Å². The van der Waals surface area contributed by atoms with E-state index < -0.39 is 36.2 Å². The molecule has 0 aliphatic heterocycles. The first kappa shape index (κ1) is 21.6. The number of aliphatic hydroxyl groups is 1. The highest BCUT2D eigenvalue weighted by molar-refractivity contribution is 5.74. The molecule has 0 amide bonds. The summed E-state index contributed by atoms with van der Waals surface area (Å²) in [7, 11) is 0. The maximum Gasteiger partial charge on any atom is 0.309 e. The lowest BCUT2D eigenvalue weighted by atomic mass is 10.2. The summed E-state index contributed by atoms with van der Waals surface area (Å²) in [5.41, 5.74) is 0.873. The Labute approximate surface area is 153 Å². The van der Waals surface area contributed by atoms with E-state index in [2.05, 4.69) is 0 Å². The summed E-state index contributed by atoms with van der Waals surface area (Å²) in [5.74, 6) is -1.63. The Kier molecular flexibility index (Phi) is 9.36. The fourth-order valence-corrected chi connectivity index (χ4v) is 2.14. The highest BCUT2D eigenvalue weighted by Gasteiger charge is 2.19. The Morgan fingerprint density at radius 1 is 0.846 bits per heavy atom.